The van der Waals surface area contributed by atoms with E-state index in [1.165, 1.54) is 22.3 Å². The lowest BCUT2D eigenvalue weighted by Gasteiger charge is -2.27. The number of pyridine rings is 1. The fourth-order valence-electron chi connectivity index (χ4n) is 2.50. The van der Waals surface area contributed by atoms with Crippen LogP contribution in [0.5, 0.6) is 0 Å². The molecule has 1 aliphatic heterocycles. The standard InChI is InChI=1S/C14H16ClN3O2S/c1-9-3-4-18(8-10(9)2)21(19,20)13-7-17-14-12(13)5-11(15)6-16-14/h5-7H,3-4,8H2,1-2H3,(H,16,17). The lowest BCUT2D eigenvalue weighted by atomic mass is 10.1. The molecule has 0 bridgehead atoms. The van der Waals surface area contributed by atoms with Gasteiger partial charge in [-0.1, -0.05) is 22.7 Å². The minimum Gasteiger partial charge on any atom is -0.345 e. The average Bonchev–Trinajstić information content (AvgIpc) is 2.85. The van der Waals surface area contributed by atoms with Crippen LogP contribution in [0.2, 0.25) is 5.02 Å². The van der Waals surface area contributed by atoms with Crippen LogP contribution in [0.15, 0.2) is 34.5 Å². The predicted octanol–water partition coefficient (Wildman–Crippen LogP) is 2.95. The summed E-state index contributed by atoms with van der Waals surface area (Å²) in [4.78, 5) is 7.24. The summed E-state index contributed by atoms with van der Waals surface area (Å²) in [6.45, 7) is 4.97. The summed E-state index contributed by atoms with van der Waals surface area (Å²) in [7, 11) is -3.55. The van der Waals surface area contributed by atoms with E-state index in [2.05, 4.69) is 16.9 Å². The first-order valence-electron chi connectivity index (χ1n) is 6.67. The van der Waals surface area contributed by atoms with Crippen molar-refractivity contribution in [2.45, 2.75) is 25.2 Å². The van der Waals surface area contributed by atoms with Gasteiger partial charge < -0.3 is 4.98 Å². The van der Waals surface area contributed by atoms with Gasteiger partial charge >= 0.3 is 0 Å². The van der Waals surface area contributed by atoms with Crippen molar-refractivity contribution in [3.05, 3.63) is 34.6 Å². The van der Waals surface area contributed by atoms with E-state index in [-0.39, 0.29) is 4.90 Å². The van der Waals surface area contributed by atoms with Crippen LogP contribution in [0, 0.1) is 0 Å². The van der Waals surface area contributed by atoms with Crippen molar-refractivity contribution >= 4 is 32.7 Å². The Hall–Kier alpha value is -1.37. The summed E-state index contributed by atoms with van der Waals surface area (Å²) in [6.07, 6.45) is 3.75. The molecule has 1 aliphatic rings. The number of H-pyrrole nitrogens is 1. The molecule has 0 radical (unpaired) electrons. The van der Waals surface area contributed by atoms with Crippen molar-refractivity contribution in [3.63, 3.8) is 0 Å². The van der Waals surface area contributed by atoms with Crippen molar-refractivity contribution in [1.82, 2.24) is 14.3 Å². The largest absolute Gasteiger partial charge is 0.345 e. The number of hydrogen-bond acceptors (Lipinski definition) is 3. The number of hydrogen-bond donors (Lipinski definition) is 1. The second kappa shape index (κ2) is 5.12. The zero-order chi connectivity index (χ0) is 15.2. The zero-order valence-corrected chi connectivity index (χ0v) is 13.4. The number of nitrogens with one attached hydrogen (secondary N) is 1. The van der Waals surface area contributed by atoms with Gasteiger partial charge in [0.2, 0.25) is 10.0 Å². The summed E-state index contributed by atoms with van der Waals surface area (Å²) in [6, 6.07) is 1.63. The van der Waals surface area contributed by atoms with Crippen LogP contribution in [0.3, 0.4) is 0 Å². The van der Waals surface area contributed by atoms with Crippen molar-refractivity contribution in [1.29, 1.82) is 0 Å². The molecule has 0 unspecified atom stereocenters. The van der Waals surface area contributed by atoms with E-state index in [9.17, 15) is 8.42 Å². The molecule has 21 heavy (non-hydrogen) atoms. The van der Waals surface area contributed by atoms with Crippen LogP contribution < -0.4 is 0 Å². The first-order valence-corrected chi connectivity index (χ1v) is 8.49. The first-order chi connectivity index (χ1) is 9.89. The summed E-state index contributed by atoms with van der Waals surface area (Å²) < 4.78 is 27.2. The first kappa shape index (κ1) is 14.6. The van der Waals surface area contributed by atoms with E-state index in [0.717, 1.165) is 12.0 Å². The Morgan fingerprint density at radius 3 is 2.81 bits per heavy atom. The molecule has 0 aromatic carbocycles. The summed E-state index contributed by atoms with van der Waals surface area (Å²) >= 11 is 5.93. The van der Waals surface area contributed by atoms with Crippen LogP contribution in [0.4, 0.5) is 0 Å². The zero-order valence-electron chi connectivity index (χ0n) is 11.9. The third kappa shape index (κ3) is 2.47. The number of rotatable bonds is 2. The number of halogens is 1. The molecule has 0 spiro atoms. The summed E-state index contributed by atoms with van der Waals surface area (Å²) in [5, 5.41) is 0.954. The SMILES string of the molecule is CC1=C(C)CN(S(=O)(=O)c2c[nH]c3ncc(Cl)cc23)CC1. The van der Waals surface area contributed by atoms with Gasteiger partial charge in [0.15, 0.2) is 0 Å². The van der Waals surface area contributed by atoms with Crippen LogP contribution in [-0.2, 0) is 10.0 Å². The molecule has 112 valence electrons. The molecule has 1 N–H and O–H groups in total. The van der Waals surface area contributed by atoms with Gasteiger partial charge in [0.1, 0.15) is 10.5 Å². The maximum absolute atomic E-state index is 12.8. The Balaban J connectivity index is 2.07. The lowest BCUT2D eigenvalue weighted by molar-refractivity contribution is 0.421. The van der Waals surface area contributed by atoms with Gasteiger partial charge in [-0.15, -0.1) is 0 Å². The molecule has 5 nitrogen and oxygen atoms in total. The van der Waals surface area contributed by atoms with Gasteiger partial charge in [-0.05, 0) is 26.3 Å². The molecular formula is C14H16ClN3O2S. The van der Waals surface area contributed by atoms with Gasteiger partial charge in [-0.2, -0.15) is 4.31 Å². The number of sulfonamides is 1. The quantitative estimate of drug-likeness (QED) is 0.863. The molecule has 7 heteroatoms. The van der Waals surface area contributed by atoms with Crippen molar-refractivity contribution in [2.24, 2.45) is 0 Å². The number of aromatic amines is 1. The second-order valence-electron chi connectivity index (χ2n) is 5.35. The number of aromatic nitrogens is 2. The number of nitrogens with zero attached hydrogens (tertiary/aromatic N) is 2. The fourth-order valence-corrected chi connectivity index (χ4v) is 4.27. The minimum atomic E-state index is -3.55. The summed E-state index contributed by atoms with van der Waals surface area (Å²) in [5.74, 6) is 0. The Kier molecular flexibility index (Phi) is 3.55. The second-order valence-corrected chi connectivity index (χ2v) is 7.69. The lowest BCUT2D eigenvalue weighted by Crippen LogP contribution is -2.36. The molecular weight excluding hydrogens is 310 g/mol. The van der Waals surface area contributed by atoms with E-state index in [1.54, 1.807) is 6.07 Å². The van der Waals surface area contributed by atoms with E-state index in [0.29, 0.717) is 29.1 Å². The molecule has 3 heterocycles. The molecule has 0 atom stereocenters. The third-order valence-electron chi connectivity index (χ3n) is 3.96. The normalized spacial score (nSPS) is 17.7. The smallest absolute Gasteiger partial charge is 0.245 e. The van der Waals surface area contributed by atoms with Gasteiger partial charge in [0.05, 0.1) is 5.02 Å². The Morgan fingerprint density at radius 1 is 1.33 bits per heavy atom. The van der Waals surface area contributed by atoms with Gasteiger partial charge in [0.25, 0.3) is 0 Å². The minimum absolute atomic E-state index is 0.236. The third-order valence-corrected chi connectivity index (χ3v) is 6.05. The highest BCUT2D eigenvalue weighted by molar-refractivity contribution is 7.89. The van der Waals surface area contributed by atoms with Crippen molar-refractivity contribution in [2.75, 3.05) is 13.1 Å². The van der Waals surface area contributed by atoms with Crippen LogP contribution >= 0.6 is 11.6 Å². The molecule has 2 aromatic rings. The summed E-state index contributed by atoms with van der Waals surface area (Å²) in [5.41, 5.74) is 2.91. The van der Waals surface area contributed by atoms with E-state index >= 15 is 0 Å². The van der Waals surface area contributed by atoms with E-state index in [4.69, 9.17) is 11.6 Å². The van der Waals surface area contributed by atoms with Crippen molar-refractivity contribution in [3.8, 4) is 0 Å². The number of fused-ring (bicyclic) bond motifs is 1. The highest BCUT2D eigenvalue weighted by Gasteiger charge is 2.29. The van der Waals surface area contributed by atoms with Gasteiger partial charge in [-0.25, -0.2) is 13.4 Å². The molecule has 0 amide bonds. The maximum atomic E-state index is 12.8. The highest BCUT2D eigenvalue weighted by atomic mass is 35.5. The molecule has 0 aliphatic carbocycles. The van der Waals surface area contributed by atoms with Gasteiger partial charge in [0, 0.05) is 30.9 Å². The molecule has 2 aromatic heterocycles. The van der Waals surface area contributed by atoms with Crippen LogP contribution in [-0.4, -0.2) is 35.8 Å². The Morgan fingerprint density at radius 2 is 2.10 bits per heavy atom. The molecule has 0 fully saturated rings. The van der Waals surface area contributed by atoms with Crippen LogP contribution in [0.25, 0.3) is 11.0 Å². The van der Waals surface area contributed by atoms with Crippen molar-refractivity contribution < 1.29 is 8.42 Å². The Bertz CT molecular complexity index is 839. The molecule has 0 saturated heterocycles. The Labute approximate surface area is 128 Å². The average molecular weight is 326 g/mol. The monoisotopic (exact) mass is 325 g/mol. The molecule has 0 saturated carbocycles. The fraction of sp³-hybridized carbons (Fsp3) is 0.357. The highest BCUT2D eigenvalue weighted by Crippen LogP contribution is 2.29. The van der Waals surface area contributed by atoms with E-state index < -0.39 is 10.0 Å². The molecule has 3 rings (SSSR count). The maximum Gasteiger partial charge on any atom is 0.245 e. The topological polar surface area (TPSA) is 66.1 Å². The predicted molar refractivity (Wildman–Crippen MR) is 82.9 cm³/mol. The van der Waals surface area contributed by atoms with E-state index in [1.807, 2.05) is 6.92 Å². The van der Waals surface area contributed by atoms with Gasteiger partial charge in [-0.3, -0.25) is 0 Å². The van der Waals surface area contributed by atoms with Crippen LogP contribution in [0.1, 0.15) is 20.3 Å².